The van der Waals surface area contributed by atoms with Gasteiger partial charge < -0.3 is 10.1 Å². The van der Waals surface area contributed by atoms with Crippen LogP contribution in [0.3, 0.4) is 0 Å². The van der Waals surface area contributed by atoms with Crippen LogP contribution in [0.1, 0.15) is 11.1 Å². The van der Waals surface area contributed by atoms with E-state index in [1.165, 1.54) is 16.0 Å². The van der Waals surface area contributed by atoms with Gasteiger partial charge >= 0.3 is 0 Å². The predicted molar refractivity (Wildman–Crippen MR) is 62.3 cm³/mol. The first-order valence-electron chi connectivity index (χ1n) is 4.61. The first-order chi connectivity index (χ1) is 6.69. The number of aryl methyl sites for hydroxylation is 2. The topological polar surface area (TPSA) is 21.3 Å². The average Bonchev–Trinajstić information content (AvgIpc) is 2.18. The summed E-state index contributed by atoms with van der Waals surface area (Å²) in [7, 11) is 3.67. The van der Waals surface area contributed by atoms with Crippen molar-refractivity contribution in [2.24, 2.45) is 0 Å². The molecule has 0 unspecified atom stereocenters. The van der Waals surface area contributed by atoms with Gasteiger partial charge in [0.2, 0.25) is 0 Å². The minimum atomic E-state index is 0.937. The molecule has 1 aromatic rings. The summed E-state index contributed by atoms with van der Waals surface area (Å²) in [5.41, 5.74) is 2.46. The molecule has 78 valence electrons. The maximum atomic E-state index is 5.26. The first-order valence-corrected chi connectivity index (χ1v) is 5.60. The molecular formula is C11H17NOS. The van der Waals surface area contributed by atoms with E-state index < -0.39 is 0 Å². The molecule has 0 spiro atoms. The van der Waals surface area contributed by atoms with Crippen molar-refractivity contribution in [1.82, 2.24) is 5.32 Å². The lowest BCUT2D eigenvalue weighted by Crippen LogP contribution is -2.03. The Bertz CT molecular complexity index is 312. The van der Waals surface area contributed by atoms with Crippen LogP contribution in [0.2, 0.25) is 0 Å². The zero-order valence-electron chi connectivity index (χ0n) is 9.18. The van der Waals surface area contributed by atoms with Gasteiger partial charge in [0, 0.05) is 10.8 Å². The van der Waals surface area contributed by atoms with E-state index in [1.807, 2.05) is 18.8 Å². The van der Waals surface area contributed by atoms with Crippen LogP contribution in [0.15, 0.2) is 17.0 Å². The summed E-state index contributed by atoms with van der Waals surface area (Å²) >= 11 is 1.81. The second-order valence-corrected chi connectivity index (χ2v) is 4.25. The van der Waals surface area contributed by atoms with Gasteiger partial charge in [-0.1, -0.05) is 0 Å². The molecule has 0 bridgehead atoms. The molecule has 2 nitrogen and oxygen atoms in total. The van der Waals surface area contributed by atoms with Crippen molar-refractivity contribution in [1.29, 1.82) is 0 Å². The highest BCUT2D eigenvalue weighted by molar-refractivity contribution is 7.99. The maximum Gasteiger partial charge on any atom is 0.122 e. The molecule has 0 atom stereocenters. The minimum Gasteiger partial charge on any atom is -0.496 e. The fourth-order valence-corrected chi connectivity index (χ4v) is 2.14. The van der Waals surface area contributed by atoms with Gasteiger partial charge in [0.1, 0.15) is 5.75 Å². The second-order valence-electron chi connectivity index (χ2n) is 3.23. The quantitative estimate of drug-likeness (QED) is 0.611. The molecule has 0 aromatic heterocycles. The van der Waals surface area contributed by atoms with E-state index in [2.05, 4.69) is 31.3 Å². The van der Waals surface area contributed by atoms with Gasteiger partial charge in [-0.15, -0.1) is 11.8 Å². The monoisotopic (exact) mass is 211 g/mol. The lowest BCUT2D eigenvalue weighted by Gasteiger charge is -2.10. The summed E-state index contributed by atoms with van der Waals surface area (Å²) in [6.45, 7) is 4.18. The number of methoxy groups -OCH3 is 1. The van der Waals surface area contributed by atoms with Crippen LogP contribution in [-0.2, 0) is 0 Å². The molecule has 0 amide bonds. The lowest BCUT2D eigenvalue weighted by atomic mass is 10.1. The normalized spacial score (nSPS) is 10.3. The zero-order chi connectivity index (χ0) is 10.6. The van der Waals surface area contributed by atoms with E-state index >= 15 is 0 Å². The summed E-state index contributed by atoms with van der Waals surface area (Å²) in [5, 5.41) is 3.12. The van der Waals surface area contributed by atoms with Crippen LogP contribution >= 0.6 is 11.8 Å². The number of thioether (sulfide) groups is 1. The molecular weight excluding hydrogens is 194 g/mol. The molecule has 0 saturated heterocycles. The van der Waals surface area contributed by atoms with E-state index in [-0.39, 0.29) is 0 Å². The minimum absolute atomic E-state index is 0.937. The number of hydrogen-bond acceptors (Lipinski definition) is 3. The van der Waals surface area contributed by atoms with E-state index in [0.29, 0.717) is 0 Å². The van der Waals surface area contributed by atoms with Crippen molar-refractivity contribution in [3.8, 4) is 5.75 Å². The van der Waals surface area contributed by atoms with Crippen LogP contribution in [-0.4, -0.2) is 20.0 Å². The van der Waals surface area contributed by atoms with Gasteiger partial charge in [-0.05, 0) is 44.2 Å². The zero-order valence-corrected chi connectivity index (χ0v) is 9.99. The Morgan fingerprint density at radius 3 is 2.57 bits per heavy atom. The number of nitrogens with one attached hydrogen (secondary N) is 1. The Kier molecular flexibility index (Phi) is 4.29. The van der Waals surface area contributed by atoms with Gasteiger partial charge in [0.15, 0.2) is 0 Å². The molecule has 0 aliphatic heterocycles. The molecule has 0 aliphatic rings. The van der Waals surface area contributed by atoms with Crippen LogP contribution in [0.25, 0.3) is 0 Å². The third-order valence-electron chi connectivity index (χ3n) is 2.06. The lowest BCUT2D eigenvalue weighted by molar-refractivity contribution is 0.411. The molecule has 0 saturated carbocycles. The van der Waals surface area contributed by atoms with Crippen molar-refractivity contribution >= 4 is 11.8 Å². The molecule has 1 N–H and O–H groups in total. The second kappa shape index (κ2) is 5.27. The number of hydrogen-bond donors (Lipinski definition) is 1. The van der Waals surface area contributed by atoms with E-state index in [1.54, 1.807) is 7.11 Å². The van der Waals surface area contributed by atoms with Crippen molar-refractivity contribution in [2.45, 2.75) is 18.7 Å². The molecule has 0 aliphatic carbocycles. The van der Waals surface area contributed by atoms with Crippen molar-refractivity contribution in [3.63, 3.8) is 0 Å². The highest BCUT2D eigenvalue weighted by atomic mass is 32.2. The standard InChI is InChI=1S/C11H17NOS/c1-8-6-11(14-7-12-3)9(2)5-10(8)13-4/h5-6,12H,7H2,1-4H3. The van der Waals surface area contributed by atoms with Gasteiger partial charge in [-0.2, -0.15) is 0 Å². The third-order valence-corrected chi connectivity index (χ3v) is 3.25. The van der Waals surface area contributed by atoms with Crippen molar-refractivity contribution in [3.05, 3.63) is 23.3 Å². The largest absolute Gasteiger partial charge is 0.496 e. The Labute approximate surface area is 90.0 Å². The summed E-state index contributed by atoms with van der Waals surface area (Å²) in [6, 6.07) is 4.27. The van der Waals surface area contributed by atoms with E-state index in [0.717, 1.165) is 11.6 Å². The summed E-state index contributed by atoms with van der Waals surface area (Å²) < 4.78 is 5.26. The predicted octanol–water partition coefficient (Wildman–Crippen LogP) is 2.58. The smallest absolute Gasteiger partial charge is 0.122 e. The number of benzene rings is 1. The fourth-order valence-electron chi connectivity index (χ4n) is 1.29. The molecule has 1 aromatic carbocycles. The van der Waals surface area contributed by atoms with Gasteiger partial charge in [-0.3, -0.25) is 0 Å². The fraction of sp³-hybridized carbons (Fsp3) is 0.455. The Morgan fingerprint density at radius 2 is 2.00 bits per heavy atom. The summed E-state index contributed by atoms with van der Waals surface area (Å²) in [5.74, 6) is 1.91. The third kappa shape index (κ3) is 2.66. The Hall–Kier alpha value is -0.670. The summed E-state index contributed by atoms with van der Waals surface area (Å²) in [6.07, 6.45) is 0. The molecule has 0 fully saturated rings. The van der Waals surface area contributed by atoms with Gasteiger partial charge in [0.25, 0.3) is 0 Å². The number of ether oxygens (including phenoxy) is 1. The Morgan fingerprint density at radius 1 is 1.29 bits per heavy atom. The summed E-state index contributed by atoms with van der Waals surface area (Å²) in [4.78, 5) is 1.32. The van der Waals surface area contributed by atoms with Crippen LogP contribution in [0.4, 0.5) is 0 Å². The van der Waals surface area contributed by atoms with Crippen LogP contribution in [0.5, 0.6) is 5.75 Å². The number of rotatable bonds is 4. The highest BCUT2D eigenvalue weighted by Gasteiger charge is 2.04. The van der Waals surface area contributed by atoms with Gasteiger partial charge in [-0.25, -0.2) is 0 Å². The molecule has 0 heterocycles. The Balaban J connectivity index is 2.90. The highest BCUT2D eigenvalue weighted by Crippen LogP contribution is 2.28. The van der Waals surface area contributed by atoms with Crippen molar-refractivity contribution < 1.29 is 4.74 Å². The van der Waals surface area contributed by atoms with Gasteiger partial charge in [0.05, 0.1) is 7.11 Å². The maximum absolute atomic E-state index is 5.26. The molecule has 3 heteroatoms. The molecule has 1 rings (SSSR count). The van der Waals surface area contributed by atoms with E-state index in [4.69, 9.17) is 4.74 Å². The van der Waals surface area contributed by atoms with E-state index in [9.17, 15) is 0 Å². The first kappa shape index (κ1) is 11.4. The van der Waals surface area contributed by atoms with Crippen LogP contribution < -0.4 is 10.1 Å². The SMILES string of the molecule is CNCSc1cc(C)c(OC)cc1C. The molecule has 14 heavy (non-hydrogen) atoms. The van der Waals surface area contributed by atoms with Crippen molar-refractivity contribution in [2.75, 3.05) is 20.0 Å². The molecule has 0 radical (unpaired) electrons. The average molecular weight is 211 g/mol. The van der Waals surface area contributed by atoms with Crippen LogP contribution in [0, 0.1) is 13.8 Å².